The third-order valence-corrected chi connectivity index (χ3v) is 3.35. The predicted molar refractivity (Wildman–Crippen MR) is 59.1 cm³/mol. The monoisotopic (exact) mass is 228 g/mol. The van der Waals surface area contributed by atoms with E-state index in [2.05, 4.69) is 0 Å². The lowest BCUT2D eigenvalue weighted by atomic mass is 10.0. The molecular weight excluding hydrogens is 208 g/mol. The van der Waals surface area contributed by atoms with Gasteiger partial charge in [0.25, 0.3) is 0 Å². The lowest BCUT2D eigenvalue weighted by Gasteiger charge is -2.28. The summed E-state index contributed by atoms with van der Waals surface area (Å²) < 4.78 is 10.4. The molecular formula is C11H20N2O3. The zero-order chi connectivity index (χ0) is 11.4. The minimum atomic E-state index is -0.276. The molecule has 0 aromatic carbocycles. The summed E-state index contributed by atoms with van der Waals surface area (Å²) in [5, 5.41) is 0. The molecule has 1 amide bonds. The topological polar surface area (TPSA) is 64.8 Å². The maximum atomic E-state index is 11.7. The van der Waals surface area contributed by atoms with Crippen molar-refractivity contribution >= 4 is 6.09 Å². The summed E-state index contributed by atoms with van der Waals surface area (Å²) in [5.74, 6) is 0. The fourth-order valence-electron chi connectivity index (χ4n) is 2.27. The van der Waals surface area contributed by atoms with E-state index >= 15 is 0 Å². The molecule has 1 heterocycles. The van der Waals surface area contributed by atoms with Gasteiger partial charge in [-0.15, -0.1) is 0 Å². The molecule has 0 bridgehead atoms. The van der Waals surface area contributed by atoms with Crippen LogP contribution in [0.15, 0.2) is 0 Å². The molecule has 1 saturated carbocycles. The first-order valence-corrected chi connectivity index (χ1v) is 5.98. The van der Waals surface area contributed by atoms with Gasteiger partial charge in [-0.25, -0.2) is 4.79 Å². The van der Waals surface area contributed by atoms with E-state index in [1.165, 1.54) is 0 Å². The number of nitrogens with two attached hydrogens (primary N) is 1. The first kappa shape index (κ1) is 11.7. The predicted octanol–water partition coefficient (Wildman–Crippen LogP) is 0.727. The Morgan fingerprint density at radius 1 is 1.31 bits per heavy atom. The quantitative estimate of drug-likeness (QED) is 0.756. The van der Waals surface area contributed by atoms with Crippen molar-refractivity contribution in [3.8, 4) is 0 Å². The van der Waals surface area contributed by atoms with Gasteiger partial charge in [0.2, 0.25) is 0 Å². The van der Waals surface area contributed by atoms with Crippen LogP contribution in [-0.4, -0.2) is 49.4 Å². The average molecular weight is 228 g/mol. The summed E-state index contributed by atoms with van der Waals surface area (Å²) in [6.07, 6.45) is 3.96. The smallest absolute Gasteiger partial charge is 0.409 e. The summed E-state index contributed by atoms with van der Waals surface area (Å²) >= 11 is 0. The molecule has 0 spiro atoms. The van der Waals surface area contributed by atoms with E-state index in [-0.39, 0.29) is 11.6 Å². The fourth-order valence-corrected chi connectivity index (χ4v) is 2.27. The Labute approximate surface area is 95.9 Å². The van der Waals surface area contributed by atoms with Gasteiger partial charge in [0, 0.05) is 13.1 Å². The summed E-state index contributed by atoms with van der Waals surface area (Å²) in [6, 6.07) is 0. The Bertz CT molecular complexity index is 246. The molecule has 0 aromatic heterocycles. The second-order valence-corrected chi connectivity index (χ2v) is 4.72. The highest BCUT2D eigenvalue weighted by molar-refractivity contribution is 5.67. The molecule has 5 nitrogen and oxygen atoms in total. The SMILES string of the molecule is NC1(COC(=O)N2CCOCC2)CCCC1. The van der Waals surface area contributed by atoms with Gasteiger partial charge in [-0.05, 0) is 12.8 Å². The molecule has 0 atom stereocenters. The van der Waals surface area contributed by atoms with E-state index in [4.69, 9.17) is 15.2 Å². The summed E-state index contributed by atoms with van der Waals surface area (Å²) in [6.45, 7) is 2.79. The molecule has 5 heteroatoms. The molecule has 2 fully saturated rings. The molecule has 2 rings (SSSR count). The molecule has 92 valence electrons. The van der Waals surface area contributed by atoms with Gasteiger partial charge in [0.1, 0.15) is 6.61 Å². The van der Waals surface area contributed by atoms with Crippen LogP contribution in [0.5, 0.6) is 0 Å². The second kappa shape index (κ2) is 5.01. The standard InChI is InChI=1S/C11H20N2O3/c12-11(3-1-2-4-11)9-16-10(14)13-5-7-15-8-6-13/h1-9,12H2. The normalized spacial score (nSPS) is 24.4. The number of nitrogens with zero attached hydrogens (tertiary/aromatic N) is 1. The Morgan fingerprint density at radius 3 is 2.56 bits per heavy atom. The van der Waals surface area contributed by atoms with Crippen LogP contribution in [-0.2, 0) is 9.47 Å². The number of hydrogen-bond donors (Lipinski definition) is 1. The minimum Gasteiger partial charge on any atom is -0.447 e. The van der Waals surface area contributed by atoms with Gasteiger partial charge >= 0.3 is 6.09 Å². The van der Waals surface area contributed by atoms with Gasteiger partial charge < -0.3 is 20.1 Å². The molecule has 0 unspecified atom stereocenters. The van der Waals surface area contributed by atoms with Crippen LogP contribution in [0.25, 0.3) is 0 Å². The third-order valence-electron chi connectivity index (χ3n) is 3.35. The van der Waals surface area contributed by atoms with Crippen molar-refractivity contribution in [2.45, 2.75) is 31.2 Å². The van der Waals surface area contributed by atoms with Crippen LogP contribution in [0, 0.1) is 0 Å². The first-order chi connectivity index (χ1) is 7.70. The van der Waals surface area contributed by atoms with E-state index in [1.54, 1.807) is 4.90 Å². The maximum absolute atomic E-state index is 11.7. The highest BCUT2D eigenvalue weighted by atomic mass is 16.6. The largest absolute Gasteiger partial charge is 0.447 e. The highest BCUT2D eigenvalue weighted by Gasteiger charge is 2.31. The Kier molecular flexibility index (Phi) is 3.66. The Hall–Kier alpha value is -0.810. The number of ether oxygens (including phenoxy) is 2. The van der Waals surface area contributed by atoms with Gasteiger partial charge in [-0.2, -0.15) is 0 Å². The van der Waals surface area contributed by atoms with Gasteiger partial charge in [0.05, 0.1) is 18.8 Å². The van der Waals surface area contributed by atoms with Gasteiger partial charge in [-0.3, -0.25) is 0 Å². The van der Waals surface area contributed by atoms with Gasteiger partial charge in [-0.1, -0.05) is 12.8 Å². The molecule has 0 aromatic rings. The van der Waals surface area contributed by atoms with E-state index in [9.17, 15) is 4.79 Å². The van der Waals surface area contributed by atoms with Gasteiger partial charge in [0.15, 0.2) is 0 Å². The zero-order valence-electron chi connectivity index (χ0n) is 9.61. The Morgan fingerprint density at radius 2 is 1.94 bits per heavy atom. The van der Waals surface area contributed by atoms with Crippen LogP contribution < -0.4 is 5.73 Å². The van der Waals surface area contributed by atoms with Crippen molar-refractivity contribution in [3.63, 3.8) is 0 Å². The van der Waals surface area contributed by atoms with Crippen molar-refractivity contribution in [1.82, 2.24) is 4.90 Å². The Balaban J connectivity index is 1.74. The first-order valence-electron chi connectivity index (χ1n) is 5.98. The highest BCUT2D eigenvalue weighted by Crippen LogP contribution is 2.27. The number of hydrogen-bond acceptors (Lipinski definition) is 4. The van der Waals surface area contributed by atoms with E-state index in [0.717, 1.165) is 25.7 Å². The van der Waals surface area contributed by atoms with E-state index in [0.29, 0.717) is 32.9 Å². The number of amides is 1. The van der Waals surface area contributed by atoms with Crippen molar-refractivity contribution in [3.05, 3.63) is 0 Å². The molecule has 16 heavy (non-hydrogen) atoms. The average Bonchev–Trinajstić information content (AvgIpc) is 2.75. The molecule has 0 radical (unpaired) electrons. The lowest BCUT2D eigenvalue weighted by Crippen LogP contribution is -2.46. The zero-order valence-corrected chi connectivity index (χ0v) is 9.61. The number of morpholine rings is 1. The number of carbonyl (C=O) groups excluding carboxylic acids is 1. The van der Waals surface area contributed by atoms with E-state index in [1.807, 2.05) is 0 Å². The fraction of sp³-hybridized carbons (Fsp3) is 0.909. The maximum Gasteiger partial charge on any atom is 0.409 e. The number of carbonyl (C=O) groups is 1. The summed E-state index contributed by atoms with van der Waals surface area (Å²) in [4.78, 5) is 13.4. The van der Waals surface area contributed by atoms with Crippen molar-refractivity contribution in [1.29, 1.82) is 0 Å². The lowest BCUT2D eigenvalue weighted by molar-refractivity contribution is 0.0210. The molecule has 1 aliphatic heterocycles. The molecule has 2 N–H and O–H groups in total. The molecule has 2 aliphatic rings. The summed E-state index contributed by atoms with van der Waals surface area (Å²) in [7, 11) is 0. The third kappa shape index (κ3) is 2.86. The van der Waals surface area contributed by atoms with Crippen LogP contribution in [0.4, 0.5) is 4.79 Å². The number of rotatable bonds is 2. The van der Waals surface area contributed by atoms with Crippen LogP contribution >= 0.6 is 0 Å². The summed E-state index contributed by atoms with van der Waals surface area (Å²) in [5.41, 5.74) is 5.84. The van der Waals surface area contributed by atoms with Crippen molar-refractivity contribution in [2.75, 3.05) is 32.9 Å². The van der Waals surface area contributed by atoms with Crippen molar-refractivity contribution < 1.29 is 14.3 Å². The minimum absolute atomic E-state index is 0.250. The van der Waals surface area contributed by atoms with Crippen LogP contribution in [0.2, 0.25) is 0 Å². The van der Waals surface area contributed by atoms with E-state index < -0.39 is 0 Å². The molecule has 1 saturated heterocycles. The van der Waals surface area contributed by atoms with Crippen LogP contribution in [0.3, 0.4) is 0 Å². The van der Waals surface area contributed by atoms with Crippen LogP contribution in [0.1, 0.15) is 25.7 Å². The molecule has 1 aliphatic carbocycles. The van der Waals surface area contributed by atoms with Crippen molar-refractivity contribution in [2.24, 2.45) is 5.73 Å². The second-order valence-electron chi connectivity index (χ2n) is 4.72.